The van der Waals surface area contributed by atoms with E-state index in [9.17, 15) is 4.79 Å². The smallest absolute Gasteiger partial charge is 0.261 e. The topological polar surface area (TPSA) is 69.5 Å². The van der Waals surface area contributed by atoms with Gasteiger partial charge in [0, 0.05) is 37.8 Å². The van der Waals surface area contributed by atoms with Gasteiger partial charge in [-0.2, -0.15) is 0 Å². The van der Waals surface area contributed by atoms with Crippen molar-refractivity contribution in [3.8, 4) is 23.0 Å². The lowest BCUT2D eigenvalue weighted by Gasteiger charge is -2.36. The normalized spacial score (nSPS) is 18.3. The zero-order valence-electron chi connectivity index (χ0n) is 18.8. The first-order chi connectivity index (χ1) is 15.6. The summed E-state index contributed by atoms with van der Waals surface area (Å²) in [5.74, 6) is 1.87. The number of piperidine rings is 1. The first-order valence-corrected chi connectivity index (χ1v) is 11.5. The molecule has 2 fully saturated rings. The molecule has 2 aromatic heterocycles. The van der Waals surface area contributed by atoms with Crippen molar-refractivity contribution < 1.29 is 9.47 Å². The summed E-state index contributed by atoms with van der Waals surface area (Å²) in [7, 11) is 3.27. The second kappa shape index (κ2) is 8.90. The molecule has 0 bridgehead atoms. The first kappa shape index (κ1) is 20.9. The average Bonchev–Trinajstić information content (AvgIpc) is 3.37. The van der Waals surface area contributed by atoms with Gasteiger partial charge >= 0.3 is 0 Å². The lowest BCUT2D eigenvalue weighted by molar-refractivity contribution is 0.0768. The quantitative estimate of drug-likeness (QED) is 0.609. The van der Waals surface area contributed by atoms with Crippen LogP contribution in [0.3, 0.4) is 0 Å². The van der Waals surface area contributed by atoms with Gasteiger partial charge in [-0.25, -0.2) is 9.97 Å². The Kier molecular flexibility index (Phi) is 5.83. The van der Waals surface area contributed by atoms with Crippen molar-refractivity contribution in [1.29, 1.82) is 0 Å². The maximum absolute atomic E-state index is 12.9. The molecular weight excluding hydrogens is 404 g/mol. The van der Waals surface area contributed by atoms with Crippen molar-refractivity contribution in [1.82, 2.24) is 19.4 Å². The zero-order valence-corrected chi connectivity index (χ0v) is 18.8. The van der Waals surface area contributed by atoms with E-state index >= 15 is 0 Å². The van der Waals surface area contributed by atoms with E-state index < -0.39 is 0 Å². The number of hydrogen-bond acceptors (Lipinski definition) is 6. The molecule has 1 saturated heterocycles. The minimum absolute atomic E-state index is 0.125. The van der Waals surface area contributed by atoms with Crippen LogP contribution in [0, 0.1) is 0 Å². The van der Waals surface area contributed by atoms with Gasteiger partial charge in [0.2, 0.25) is 5.88 Å². The fourth-order valence-corrected chi connectivity index (χ4v) is 5.03. The number of benzene rings is 1. The molecule has 0 atom stereocenters. The van der Waals surface area contributed by atoms with Gasteiger partial charge in [-0.3, -0.25) is 9.36 Å². The molecule has 0 radical (unpaired) electrons. The second-order valence-electron chi connectivity index (χ2n) is 8.86. The Morgan fingerprint density at radius 3 is 2.44 bits per heavy atom. The number of methoxy groups -OCH3 is 1. The van der Waals surface area contributed by atoms with Crippen LogP contribution in [0.25, 0.3) is 22.3 Å². The summed E-state index contributed by atoms with van der Waals surface area (Å²) in [6, 6.07) is 10.3. The molecule has 1 aromatic carbocycles. The highest BCUT2D eigenvalue weighted by atomic mass is 16.5. The Balaban J connectivity index is 1.29. The van der Waals surface area contributed by atoms with Gasteiger partial charge in [0.1, 0.15) is 17.7 Å². The predicted octanol–water partition coefficient (Wildman–Crippen LogP) is 3.79. The third kappa shape index (κ3) is 4.09. The molecule has 0 spiro atoms. The lowest BCUT2D eigenvalue weighted by Crippen LogP contribution is -2.43. The second-order valence-corrected chi connectivity index (χ2v) is 8.86. The molecule has 32 heavy (non-hydrogen) atoms. The van der Waals surface area contributed by atoms with Crippen molar-refractivity contribution >= 4 is 10.9 Å². The summed E-state index contributed by atoms with van der Waals surface area (Å²) >= 11 is 0. The molecular formula is C25H30N4O3. The van der Waals surface area contributed by atoms with Gasteiger partial charge in [0.05, 0.1) is 24.2 Å². The summed E-state index contributed by atoms with van der Waals surface area (Å²) in [5, 5.41) is 0.493. The van der Waals surface area contributed by atoms with Gasteiger partial charge in [-0.1, -0.05) is 12.8 Å². The molecule has 1 saturated carbocycles. The Morgan fingerprint density at radius 2 is 1.75 bits per heavy atom. The lowest BCUT2D eigenvalue weighted by atomic mass is 10.0. The zero-order chi connectivity index (χ0) is 22.1. The monoisotopic (exact) mass is 434 g/mol. The SMILES string of the molecule is COc1cc2c(=O)n(C)c(-c3ccc(OC4CCN(C5CCCC5)CC4)cc3)nc2cn1. The van der Waals surface area contributed by atoms with Crippen molar-refractivity contribution in [2.45, 2.75) is 50.7 Å². The number of aromatic nitrogens is 3. The highest BCUT2D eigenvalue weighted by molar-refractivity contribution is 5.79. The molecule has 5 rings (SSSR count). The van der Waals surface area contributed by atoms with Crippen LogP contribution in [-0.4, -0.2) is 51.8 Å². The third-order valence-corrected chi connectivity index (χ3v) is 6.88. The minimum atomic E-state index is -0.125. The van der Waals surface area contributed by atoms with Crippen LogP contribution in [0.1, 0.15) is 38.5 Å². The summed E-state index contributed by atoms with van der Waals surface area (Å²) in [4.78, 5) is 24.4. The highest BCUT2D eigenvalue weighted by Gasteiger charge is 2.27. The molecule has 1 aliphatic carbocycles. The van der Waals surface area contributed by atoms with E-state index in [-0.39, 0.29) is 11.7 Å². The number of nitrogens with zero attached hydrogens (tertiary/aromatic N) is 4. The van der Waals surface area contributed by atoms with Gasteiger partial charge in [0.25, 0.3) is 5.56 Å². The number of fused-ring (bicyclic) bond motifs is 1. The van der Waals surface area contributed by atoms with Crippen LogP contribution in [0.15, 0.2) is 41.3 Å². The Bertz CT molecular complexity index is 1140. The molecule has 168 valence electrons. The largest absolute Gasteiger partial charge is 0.490 e. The van der Waals surface area contributed by atoms with Crippen LogP contribution in [0.4, 0.5) is 0 Å². The first-order valence-electron chi connectivity index (χ1n) is 11.5. The van der Waals surface area contributed by atoms with Gasteiger partial charge in [0.15, 0.2) is 0 Å². The van der Waals surface area contributed by atoms with Crippen molar-refractivity contribution in [3.63, 3.8) is 0 Å². The highest BCUT2D eigenvalue weighted by Crippen LogP contribution is 2.28. The van der Waals surface area contributed by atoms with E-state index in [0.717, 1.165) is 43.3 Å². The van der Waals surface area contributed by atoms with Crippen molar-refractivity contribution in [3.05, 3.63) is 46.9 Å². The van der Waals surface area contributed by atoms with Crippen LogP contribution < -0.4 is 15.0 Å². The van der Waals surface area contributed by atoms with Crippen molar-refractivity contribution in [2.24, 2.45) is 7.05 Å². The average molecular weight is 435 g/mol. The number of pyridine rings is 1. The van der Waals surface area contributed by atoms with E-state index in [1.807, 2.05) is 24.3 Å². The minimum Gasteiger partial charge on any atom is -0.490 e. The number of hydrogen-bond donors (Lipinski definition) is 0. The summed E-state index contributed by atoms with van der Waals surface area (Å²) < 4.78 is 13.0. The fourth-order valence-electron chi connectivity index (χ4n) is 5.03. The summed E-state index contributed by atoms with van der Waals surface area (Å²) in [6.45, 7) is 2.27. The van der Waals surface area contributed by atoms with Gasteiger partial charge in [-0.15, -0.1) is 0 Å². The van der Waals surface area contributed by atoms with Crippen LogP contribution in [0.2, 0.25) is 0 Å². The molecule has 7 heteroatoms. The fraction of sp³-hybridized carbons (Fsp3) is 0.480. The third-order valence-electron chi connectivity index (χ3n) is 6.88. The summed E-state index contributed by atoms with van der Waals surface area (Å²) in [5.41, 5.74) is 1.30. The Hall–Kier alpha value is -2.93. The van der Waals surface area contributed by atoms with E-state index in [4.69, 9.17) is 9.47 Å². The van der Waals surface area contributed by atoms with Gasteiger partial charge < -0.3 is 14.4 Å². The van der Waals surface area contributed by atoms with Crippen LogP contribution >= 0.6 is 0 Å². The maximum Gasteiger partial charge on any atom is 0.261 e. The summed E-state index contributed by atoms with van der Waals surface area (Å²) in [6.07, 6.45) is 9.50. The molecule has 2 aliphatic rings. The standard InChI is InChI=1S/C25H30N4O3/c1-28-24(27-22-16-26-23(31-2)15-21(22)25(28)30)17-7-9-19(10-8-17)32-20-11-13-29(14-12-20)18-5-3-4-6-18/h7-10,15-16,18,20H,3-6,11-14H2,1-2H3. The van der Waals surface area contributed by atoms with E-state index in [0.29, 0.717) is 22.6 Å². The molecule has 0 unspecified atom stereocenters. The molecule has 3 aromatic rings. The van der Waals surface area contributed by atoms with E-state index in [2.05, 4.69) is 14.9 Å². The van der Waals surface area contributed by atoms with Crippen LogP contribution in [0.5, 0.6) is 11.6 Å². The molecule has 0 N–H and O–H groups in total. The van der Waals surface area contributed by atoms with E-state index in [1.165, 1.54) is 32.8 Å². The number of likely N-dealkylation sites (tertiary alicyclic amines) is 1. The van der Waals surface area contributed by atoms with Gasteiger partial charge in [-0.05, 0) is 49.9 Å². The Labute approximate surface area is 188 Å². The molecule has 0 amide bonds. The number of rotatable bonds is 5. The maximum atomic E-state index is 12.9. The van der Waals surface area contributed by atoms with E-state index in [1.54, 1.807) is 23.9 Å². The number of ether oxygens (including phenoxy) is 2. The van der Waals surface area contributed by atoms with Crippen molar-refractivity contribution in [2.75, 3.05) is 20.2 Å². The van der Waals surface area contributed by atoms with Crippen LogP contribution in [-0.2, 0) is 7.05 Å². The molecule has 3 heterocycles. The molecule has 7 nitrogen and oxygen atoms in total. The predicted molar refractivity (Wildman–Crippen MR) is 124 cm³/mol. The molecule has 1 aliphatic heterocycles. The Morgan fingerprint density at radius 1 is 1.03 bits per heavy atom.